The van der Waals surface area contributed by atoms with Gasteiger partial charge in [-0.2, -0.15) is 0 Å². The van der Waals surface area contributed by atoms with E-state index in [4.69, 9.17) is 4.98 Å². The third-order valence-electron chi connectivity index (χ3n) is 6.45. The number of ether oxygens (including phenoxy) is 1. The number of benzene rings is 2. The number of hydrogen-bond donors (Lipinski definition) is 1. The summed E-state index contributed by atoms with van der Waals surface area (Å²) in [7, 11) is 0. The fraction of sp³-hybridized carbons (Fsp3) is 0.407. The smallest absolute Gasteiger partial charge is 0.406 e. The Kier molecular flexibility index (Phi) is 7.68. The number of amides is 1. The number of fused-ring (bicyclic) bond motifs is 1. The molecule has 3 aromatic rings. The normalized spacial score (nSPS) is 14.9. The number of piperazine rings is 1. The molecule has 1 aliphatic rings. The average molecular weight is 501 g/mol. The second-order valence-electron chi connectivity index (χ2n) is 9.39. The number of rotatable bonds is 7. The number of aryl methyl sites for hydroxylation is 2. The van der Waals surface area contributed by atoms with Crippen LogP contribution in [0.15, 0.2) is 48.5 Å². The fourth-order valence-corrected chi connectivity index (χ4v) is 4.42. The zero-order valence-corrected chi connectivity index (χ0v) is 20.7. The third kappa shape index (κ3) is 6.66. The van der Waals surface area contributed by atoms with E-state index in [-0.39, 0.29) is 18.1 Å². The van der Waals surface area contributed by atoms with Gasteiger partial charge < -0.3 is 15.0 Å². The molecule has 192 valence electrons. The summed E-state index contributed by atoms with van der Waals surface area (Å²) in [6.07, 6.45) is -4.12. The minimum atomic E-state index is -4.72. The lowest BCUT2D eigenvalue weighted by atomic mass is 10.1. The summed E-state index contributed by atoms with van der Waals surface area (Å²) in [5.74, 6) is 0.527. The number of alkyl halides is 3. The van der Waals surface area contributed by atoms with Crippen LogP contribution in [0.5, 0.6) is 5.75 Å². The highest BCUT2D eigenvalue weighted by Gasteiger charge is 2.31. The Bertz CT molecular complexity index is 1200. The van der Waals surface area contributed by atoms with E-state index in [1.165, 1.54) is 24.3 Å². The Hall–Kier alpha value is -3.33. The Morgan fingerprint density at radius 2 is 1.75 bits per heavy atom. The van der Waals surface area contributed by atoms with Crippen molar-refractivity contribution >= 4 is 28.3 Å². The van der Waals surface area contributed by atoms with E-state index in [2.05, 4.69) is 46.7 Å². The van der Waals surface area contributed by atoms with Crippen molar-refractivity contribution in [1.82, 2.24) is 9.88 Å². The van der Waals surface area contributed by atoms with Gasteiger partial charge in [0.2, 0.25) is 5.91 Å². The Balaban J connectivity index is 1.35. The average Bonchev–Trinajstić information content (AvgIpc) is 2.83. The third-order valence-corrected chi connectivity index (χ3v) is 6.45. The number of carbonyl (C=O) groups is 1. The molecule has 0 saturated carbocycles. The van der Waals surface area contributed by atoms with Gasteiger partial charge in [-0.05, 0) is 74.7 Å². The zero-order valence-electron chi connectivity index (χ0n) is 20.7. The Morgan fingerprint density at radius 3 is 2.39 bits per heavy atom. The van der Waals surface area contributed by atoms with Gasteiger partial charge in [-0.1, -0.05) is 12.1 Å². The largest absolute Gasteiger partial charge is 0.573 e. The molecule has 6 nitrogen and oxygen atoms in total. The number of pyridine rings is 1. The van der Waals surface area contributed by atoms with Crippen LogP contribution in [0, 0.1) is 6.92 Å². The van der Waals surface area contributed by atoms with Gasteiger partial charge in [0.25, 0.3) is 0 Å². The second-order valence-corrected chi connectivity index (χ2v) is 9.39. The van der Waals surface area contributed by atoms with Crippen LogP contribution in [0.25, 0.3) is 10.9 Å². The molecule has 0 radical (unpaired) electrons. The summed E-state index contributed by atoms with van der Waals surface area (Å²) >= 11 is 0. The number of aromatic nitrogens is 1. The molecule has 0 unspecified atom stereocenters. The van der Waals surface area contributed by atoms with E-state index in [1.807, 2.05) is 18.2 Å². The molecule has 1 aliphatic heterocycles. The standard InChI is InChI=1S/C27H31F3N4O2/c1-18(2)33-12-14-34(15-13-33)25-16-19(3)23-17-21(7-10-24(23)32-25)31-26(35)11-6-20-4-8-22(9-5-20)36-27(28,29)30/h4-5,7-10,16-18H,6,11-15H2,1-3H3,(H,31,35). The van der Waals surface area contributed by atoms with Gasteiger partial charge in [0, 0.05) is 49.7 Å². The lowest BCUT2D eigenvalue weighted by molar-refractivity contribution is -0.274. The van der Waals surface area contributed by atoms with Crippen molar-refractivity contribution in [2.45, 2.75) is 46.0 Å². The van der Waals surface area contributed by atoms with E-state index in [9.17, 15) is 18.0 Å². The molecule has 9 heteroatoms. The maximum Gasteiger partial charge on any atom is 0.573 e. The number of hydrogen-bond acceptors (Lipinski definition) is 5. The predicted molar refractivity (Wildman–Crippen MR) is 135 cm³/mol. The minimum Gasteiger partial charge on any atom is -0.406 e. The molecule has 0 atom stereocenters. The quantitative estimate of drug-likeness (QED) is 0.462. The lowest BCUT2D eigenvalue weighted by Crippen LogP contribution is -2.49. The van der Waals surface area contributed by atoms with Crippen molar-refractivity contribution in [3.63, 3.8) is 0 Å². The molecule has 1 N–H and O–H groups in total. The molecule has 2 heterocycles. The summed E-state index contributed by atoms with van der Waals surface area (Å²) in [6.45, 7) is 10.4. The van der Waals surface area contributed by atoms with Gasteiger partial charge in [-0.3, -0.25) is 9.69 Å². The highest BCUT2D eigenvalue weighted by atomic mass is 19.4. The maximum absolute atomic E-state index is 12.5. The van der Waals surface area contributed by atoms with Crippen molar-refractivity contribution in [3.05, 3.63) is 59.7 Å². The van der Waals surface area contributed by atoms with Gasteiger partial charge in [-0.25, -0.2) is 4.98 Å². The molecule has 1 aromatic heterocycles. The first kappa shape index (κ1) is 25.8. The Labute approximate surface area is 209 Å². The van der Waals surface area contributed by atoms with Gasteiger partial charge in [0.15, 0.2) is 0 Å². The first-order valence-corrected chi connectivity index (χ1v) is 12.1. The van der Waals surface area contributed by atoms with Gasteiger partial charge >= 0.3 is 6.36 Å². The van der Waals surface area contributed by atoms with Gasteiger partial charge in [-0.15, -0.1) is 13.2 Å². The van der Waals surface area contributed by atoms with Gasteiger partial charge in [0.05, 0.1) is 5.52 Å². The number of nitrogens with zero attached hydrogens (tertiary/aromatic N) is 3. The van der Waals surface area contributed by atoms with Gasteiger partial charge in [0.1, 0.15) is 11.6 Å². The fourth-order valence-electron chi connectivity index (χ4n) is 4.42. The van der Waals surface area contributed by atoms with Crippen LogP contribution < -0.4 is 15.0 Å². The summed E-state index contributed by atoms with van der Waals surface area (Å²) in [6, 6.07) is 13.9. The Morgan fingerprint density at radius 1 is 1.06 bits per heavy atom. The molecule has 1 saturated heterocycles. The van der Waals surface area contributed by atoms with Crippen molar-refractivity contribution in [1.29, 1.82) is 0 Å². The molecule has 0 bridgehead atoms. The second kappa shape index (κ2) is 10.7. The van der Waals surface area contributed by atoms with Crippen molar-refractivity contribution in [2.24, 2.45) is 0 Å². The summed E-state index contributed by atoms with van der Waals surface area (Å²) in [5.41, 5.74) is 3.42. The topological polar surface area (TPSA) is 57.7 Å². The molecule has 36 heavy (non-hydrogen) atoms. The minimum absolute atomic E-state index is 0.171. The van der Waals surface area contributed by atoms with Crippen molar-refractivity contribution < 1.29 is 22.7 Å². The van der Waals surface area contributed by atoms with Crippen LogP contribution in [0.2, 0.25) is 0 Å². The van der Waals surface area contributed by atoms with Crippen LogP contribution in [-0.4, -0.2) is 54.4 Å². The molecule has 1 fully saturated rings. The van der Waals surface area contributed by atoms with Crippen LogP contribution in [0.4, 0.5) is 24.7 Å². The van der Waals surface area contributed by atoms with Crippen LogP contribution in [-0.2, 0) is 11.2 Å². The van der Waals surface area contributed by atoms with E-state index >= 15 is 0 Å². The van der Waals surface area contributed by atoms with E-state index in [0.717, 1.165) is 54.0 Å². The van der Waals surface area contributed by atoms with Crippen LogP contribution in [0.1, 0.15) is 31.4 Å². The monoisotopic (exact) mass is 500 g/mol. The van der Waals surface area contributed by atoms with Crippen LogP contribution in [0.3, 0.4) is 0 Å². The number of nitrogens with one attached hydrogen (secondary N) is 1. The molecule has 0 aliphatic carbocycles. The summed E-state index contributed by atoms with van der Waals surface area (Å²) in [4.78, 5) is 22.1. The number of carbonyl (C=O) groups excluding carboxylic acids is 1. The molecule has 2 aromatic carbocycles. The first-order valence-electron chi connectivity index (χ1n) is 12.1. The highest BCUT2D eigenvalue weighted by Crippen LogP contribution is 2.27. The van der Waals surface area contributed by atoms with Crippen molar-refractivity contribution in [3.8, 4) is 5.75 Å². The summed E-state index contributed by atoms with van der Waals surface area (Å²) in [5, 5.41) is 3.90. The lowest BCUT2D eigenvalue weighted by Gasteiger charge is -2.37. The summed E-state index contributed by atoms with van der Waals surface area (Å²) < 4.78 is 40.7. The molecule has 0 spiro atoms. The van der Waals surface area contributed by atoms with Crippen molar-refractivity contribution in [2.75, 3.05) is 36.4 Å². The zero-order chi connectivity index (χ0) is 25.9. The van der Waals surface area contributed by atoms with E-state index in [0.29, 0.717) is 18.2 Å². The maximum atomic E-state index is 12.5. The van der Waals surface area contributed by atoms with E-state index in [1.54, 1.807) is 0 Å². The number of anilines is 2. The number of halogens is 3. The molecular weight excluding hydrogens is 469 g/mol. The molecular formula is C27H31F3N4O2. The van der Waals surface area contributed by atoms with E-state index < -0.39 is 6.36 Å². The first-order chi connectivity index (χ1) is 17.1. The molecule has 1 amide bonds. The molecule has 4 rings (SSSR count). The SMILES string of the molecule is Cc1cc(N2CCN(C(C)C)CC2)nc2ccc(NC(=O)CCc3ccc(OC(F)(F)F)cc3)cc12. The van der Waals surface area contributed by atoms with Crippen LogP contribution >= 0.6 is 0 Å². The highest BCUT2D eigenvalue weighted by molar-refractivity contribution is 5.94. The predicted octanol–water partition coefficient (Wildman–Crippen LogP) is 5.54.